The van der Waals surface area contributed by atoms with Gasteiger partial charge in [0, 0.05) is 0 Å². The number of carboxylic acid groups (broad SMARTS) is 2. The Morgan fingerprint density at radius 3 is 2.25 bits per heavy atom. The molecule has 1 atom stereocenters. The largest absolute Gasteiger partial charge is 0.481 e. The number of aliphatic imine (C=N–C) groups is 1. The maximum atomic E-state index is 10.2. The first-order chi connectivity index (χ1) is 5.07. The summed E-state index contributed by atoms with van der Waals surface area (Å²) in [4.78, 5) is 23.4. The van der Waals surface area contributed by atoms with E-state index in [2.05, 4.69) is 4.99 Å². The fraction of sp³-hybridized carbons (Fsp3) is 0.500. The number of carboxylic acids is 2. The molecule has 4 N–H and O–H groups in total. The highest BCUT2D eigenvalue weighted by Crippen LogP contribution is 1.96. The molecule has 70 valence electrons. The average Bonchev–Trinajstić information content (AvgIpc) is 1.86. The van der Waals surface area contributed by atoms with E-state index in [1.807, 2.05) is 0 Å². The Balaban J connectivity index is 0. The van der Waals surface area contributed by atoms with Gasteiger partial charge >= 0.3 is 11.9 Å². The lowest BCUT2D eigenvalue weighted by Gasteiger charge is -2.01. The van der Waals surface area contributed by atoms with E-state index in [-0.39, 0.29) is 7.43 Å². The average molecular weight is 176 g/mol. The normalized spacial score (nSPS) is 12.0. The number of nitrogens with zero attached hydrogens (tertiary/aromatic N) is 1. The molecule has 0 unspecified atom stereocenters. The van der Waals surface area contributed by atoms with E-state index in [4.69, 9.17) is 15.9 Å². The lowest BCUT2D eigenvalue weighted by atomic mass is 10.2. The minimum absolute atomic E-state index is 0. The van der Waals surface area contributed by atoms with E-state index in [9.17, 15) is 9.59 Å². The van der Waals surface area contributed by atoms with Gasteiger partial charge in [0.15, 0.2) is 6.04 Å². The summed E-state index contributed by atoms with van der Waals surface area (Å²) >= 11 is 0. The second-order valence-corrected chi connectivity index (χ2v) is 1.75. The summed E-state index contributed by atoms with van der Waals surface area (Å²) < 4.78 is 0. The van der Waals surface area contributed by atoms with E-state index in [1.54, 1.807) is 0 Å². The topological polar surface area (TPSA) is 113 Å². The van der Waals surface area contributed by atoms with Crippen LogP contribution in [0.1, 0.15) is 13.8 Å². The maximum Gasteiger partial charge on any atom is 0.329 e. The van der Waals surface area contributed by atoms with Crippen molar-refractivity contribution in [3.63, 3.8) is 0 Å². The molecule has 0 aromatic rings. The molecule has 0 aromatic heterocycles. The molecule has 0 radical (unpaired) electrons. The van der Waals surface area contributed by atoms with E-state index in [0.717, 1.165) is 6.34 Å². The smallest absolute Gasteiger partial charge is 0.329 e. The molecule has 0 bridgehead atoms. The van der Waals surface area contributed by atoms with Gasteiger partial charge in [-0.25, -0.2) is 4.79 Å². The maximum absolute atomic E-state index is 10.2. The third kappa shape index (κ3) is 5.21. The summed E-state index contributed by atoms with van der Waals surface area (Å²) in [5.41, 5.74) is 4.79. The van der Waals surface area contributed by atoms with Crippen LogP contribution in [0.2, 0.25) is 0 Å². The van der Waals surface area contributed by atoms with E-state index in [1.165, 1.54) is 0 Å². The van der Waals surface area contributed by atoms with Crippen molar-refractivity contribution in [2.45, 2.75) is 19.9 Å². The fourth-order valence-corrected chi connectivity index (χ4v) is 0.473. The van der Waals surface area contributed by atoms with Gasteiger partial charge < -0.3 is 15.9 Å². The monoisotopic (exact) mass is 176 g/mol. The Labute approximate surface area is 69.7 Å². The first-order valence-electron chi connectivity index (χ1n) is 2.76. The highest BCUT2D eigenvalue weighted by Gasteiger charge is 2.18. The molecule has 0 aliphatic rings. The van der Waals surface area contributed by atoms with Crippen LogP contribution in [-0.4, -0.2) is 34.5 Å². The summed E-state index contributed by atoms with van der Waals surface area (Å²) in [6.45, 7) is 0. The van der Waals surface area contributed by atoms with Crippen molar-refractivity contribution in [2.75, 3.05) is 0 Å². The molecule has 0 saturated heterocycles. The van der Waals surface area contributed by atoms with Crippen molar-refractivity contribution in [3.8, 4) is 0 Å². The summed E-state index contributed by atoms with van der Waals surface area (Å²) in [7, 11) is 0. The Morgan fingerprint density at radius 2 is 2.00 bits per heavy atom. The minimum Gasteiger partial charge on any atom is -0.481 e. The van der Waals surface area contributed by atoms with E-state index < -0.39 is 24.4 Å². The Kier molecular flexibility index (Phi) is 6.67. The Morgan fingerprint density at radius 1 is 1.50 bits per heavy atom. The van der Waals surface area contributed by atoms with Crippen LogP contribution >= 0.6 is 0 Å². The van der Waals surface area contributed by atoms with Gasteiger partial charge in [-0.05, 0) is 0 Å². The molecule has 12 heavy (non-hydrogen) atoms. The van der Waals surface area contributed by atoms with Crippen LogP contribution in [-0.2, 0) is 9.59 Å². The number of nitrogens with two attached hydrogens (primary N) is 1. The predicted octanol–water partition coefficient (Wildman–Crippen LogP) is -0.463. The Hall–Kier alpha value is -1.59. The molecule has 6 heteroatoms. The quantitative estimate of drug-likeness (QED) is 0.396. The number of hydrogen-bond donors (Lipinski definition) is 3. The summed E-state index contributed by atoms with van der Waals surface area (Å²) in [5, 5.41) is 16.5. The summed E-state index contributed by atoms with van der Waals surface area (Å²) in [6.07, 6.45) is 0.227. The van der Waals surface area contributed by atoms with Gasteiger partial charge in [-0.2, -0.15) is 0 Å². The van der Waals surface area contributed by atoms with Crippen LogP contribution in [0.15, 0.2) is 4.99 Å². The van der Waals surface area contributed by atoms with Gasteiger partial charge in [-0.15, -0.1) is 0 Å². The van der Waals surface area contributed by atoms with E-state index >= 15 is 0 Å². The van der Waals surface area contributed by atoms with Crippen molar-refractivity contribution >= 4 is 18.3 Å². The van der Waals surface area contributed by atoms with E-state index in [0.29, 0.717) is 0 Å². The zero-order chi connectivity index (χ0) is 8.85. The fourth-order valence-electron chi connectivity index (χ4n) is 0.473. The first kappa shape index (κ1) is 13.0. The standard InChI is InChI=1S/C5H8N2O4.CH4/c6-2-7-3(5(10)11)1-4(8)9;/h2-3H,1H2,(H2,6,7)(H,8,9)(H,10,11);1H4/t3-;/m0./s1. The van der Waals surface area contributed by atoms with Crippen LogP contribution in [0.25, 0.3) is 0 Å². The molecule has 0 aliphatic heterocycles. The predicted molar refractivity (Wildman–Crippen MR) is 43.1 cm³/mol. The molecule has 0 aromatic carbocycles. The van der Waals surface area contributed by atoms with Crippen molar-refractivity contribution in [1.29, 1.82) is 0 Å². The molecule has 0 aliphatic carbocycles. The van der Waals surface area contributed by atoms with Crippen molar-refractivity contribution in [1.82, 2.24) is 0 Å². The zero-order valence-corrected chi connectivity index (χ0v) is 5.60. The molecular weight excluding hydrogens is 164 g/mol. The Bertz CT molecular complexity index is 190. The molecular formula is C6H12N2O4. The zero-order valence-electron chi connectivity index (χ0n) is 5.60. The van der Waals surface area contributed by atoms with Crippen molar-refractivity contribution in [3.05, 3.63) is 0 Å². The molecule has 6 nitrogen and oxygen atoms in total. The SMILES string of the molecule is C.NC=N[C@@H](CC(=O)O)C(=O)O. The minimum atomic E-state index is -1.30. The number of hydrogen-bond acceptors (Lipinski definition) is 3. The lowest BCUT2D eigenvalue weighted by Crippen LogP contribution is -2.22. The lowest BCUT2D eigenvalue weighted by molar-refractivity contribution is -0.144. The van der Waals surface area contributed by atoms with Crippen LogP contribution in [0.3, 0.4) is 0 Å². The third-order valence-corrected chi connectivity index (χ3v) is 0.919. The van der Waals surface area contributed by atoms with Gasteiger partial charge in [0.05, 0.1) is 12.8 Å². The highest BCUT2D eigenvalue weighted by atomic mass is 16.4. The van der Waals surface area contributed by atoms with Crippen molar-refractivity contribution in [2.24, 2.45) is 10.7 Å². The van der Waals surface area contributed by atoms with Gasteiger partial charge in [0.1, 0.15) is 0 Å². The van der Waals surface area contributed by atoms with Gasteiger partial charge in [-0.3, -0.25) is 9.79 Å². The van der Waals surface area contributed by atoms with Gasteiger partial charge in [0.25, 0.3) is 0 Å². The highest BCUT2D eigenvalue weighted by molar-refractivity contribution is 5.81. The second kappa shape index (κ2) is 6.14. The van der Waals surface area contributed by atoms with Crippen molar-refractivity contribution < 1.29 is 19.8 Å². The van der Waals surface area contributed by atoms with Crippen LogP contribution in [0, 0.1) is 0 Å². The van der Waals surface area contributed by atoms with Crippen LogP contribution < -0.4 is 5.73 Å². The third-order valence-electron chi connectivity index (χ3n) is 0.919. The number of aliphatic carboxylic acids is 2. The molecule has 0 fully saturated rings. The van der Waals surface area contributed by atoms with Gasteiger partial charge in [0.2, 0.25) is 0 Å². The molecule has 0 heterocycles. The van der Waals surface area contributed by atoms with Crippen LogP contribution in [0.5, 0.6) is 0 Å². The van der Waals surface area contributed by atoms with Gasteiger partial charge in [-0.1, -0.05) is 7.43 Å². The summed E-state index contributed by atoms with van der Waals surface area (Å²) in [5.74, 6) is -2.52. The van der Waals surface area contributed by atoms with Crippen LogP contribution in [0.4, 0.5) is 0 Å². The second-order valence-electron chi connectivity index (χ2n) is 1.75. The molecule has 0 saturated carbocycles. The summed E-state index contributed by atoms with van der Waals surface area (Å²) in [6, 6.07) is -1.28. The molecule has 0 rings (SSSR count). The molecule has 0 spiro atoms. The first-order valence-corrected chi connectivity index (χ1v) is 2.76. The number of rotatable bonds is 4. The molecule has 0 amide bonds. The number of carbonyl (C=O) groups is 2.